The number of hydrogen-bond donors (Lipinski definition) is 1. The molecule has 0 spiro atoms. The molecule has 1 N–H and O–H groups in total. The first kappa shape index (κ1) is 16.5. The van der Waals surface area contributed by atoms with Gasteiger partial charge < -0.3 is 15.1 Å². The maximum absolute atomic E-state index is 11.7. The Morgan fingerprint density at radius 3 is 2.40 bits per heavy atom. The first-order valence-corrected chi connectivity index (χ1v) is 6.88. The average Bonchev–Trinajstić information content (AvgIpc) is 2.39. The van der Waals surface area contributed by atoms with Gasteiger partial charge in [0.1, 0.15) is 0 Å². The normalized spacial score (nSPS) is 15.7. The molecule has 0 aromatic heterocycles. The summed E-state index contributed by atoms with van der Waals surface area (Å²) in [4.78, 5) is 29.1. The molecule has 1 saturated heterocycles. The molecule has 0 aliphatic carbocycles. The van der Waals surface area contributed by atoms with Crippen LogP contribution in [-0.2, 0) is 9.59 Å². The summed E-state index contributed by atoms with van der Waals surface area (Å²) < 4.78 is 0. The molecule has 0 radical (unpaired) electrons. The first-order valence-electron chi connectivity index (χ1n) is 6.88. The fraction of sp³-hybridized carbons (Fsp3) is 0.714. The number of hydrogen-bond acceptors (Lipinski definition) is 4. The van der Waals surface area contributed by atoms with Crippen molar-refractivity contribution in [3.05, 3.63) is 0 Å². The maximum atomic E-state index is 11.7. The molecule has 1 rings (SSSR count). The highest BCUT2D eigenvalue weighted by Gasteiger charge is 2.21. The van der Waals surface area contributed by atoms with Crippen molar-refractivity contribution < 1.29 is 9.59 Å². The van der Waals surface area contributed by atoms with Gasteiger partial charge in [-0.2, -0.15) is 0 Å². The molecule has 112 valence electrons. The molecule has 0 unspecified atom stereocenters. The zero-order valence-electron chi connectivity index (χ0n) is 12.6. The van der Waals surface area contributed by atoms with Crippen molar-refractivity contribution in [3.8, 4) is 11.8 Å². The summed E-state index contributed by atoms with van der Waals surface area (Å²) in [7, 11) is 3.95. The second kappa shape index (κ2) is 8.56. The van der Waals surface area contributed by atoms with Crippen molar-refractivity contribution in [3.63, 3.8) is 0 Å². The van der Waals surface area contributed by atoms with Crippen LogP contribution in [0, 0.1) is 11.8 Å². The monoisotopic (exact) mass is 280 g/mol. The number of carbonyl (C=O) groups excluding carboxylic acids is 2. The van der Waals surface area contributed by atoms with E-state index in [-0.39, 0.29) is 11.8 Å². The van der Waals surface area contributed by atoms with Crippen molar-refractivity contribution in [2.45, 2.75) is 6.92 Å². The summed E-state index contributed by atoms with van der Waals surface area (Å²) in [6.07, 6.45) is 0. The largest absolute Gasteiger partial charge is 0.354 e. The van der Waals surface area contributed by atoms with E-state index in [4.69, 9.17) is 0 Å². The molecule has 6 nitrogen and oxygen atoms in total. The smallest absolute Gasteiger partial charge is 0.298 e. The Hall–Kier alpha value is -1.58. The lowest BCUT2D eigenvalue weighted by Crippen LogP contribution is -2.51. The molecule has 1 heterocycles. The van der Waals surface area contributed by atoms with Crippen LogP contribution in [0.4, 0.5) is 0 Å². The fourth-order valence-corrected chi connectivity index (χ4v) is 1.97. The van der Waals surface area contributed by atoms with E-state index in [1.807, 2.05) is 19.0 Å². The van der Waals surface area contributed by atoms with E-state index in [1.165, 1.54) is 0 Å². The van der Waals surface area contributed by atoms with E-state index in [9.17, 15) is 9.59 Å². The third-order valence-corrected chi connectivity index (χ3v) is 3.14. The second-order valence-corrected chi connectivity index (χ2v) is 5.10. The number of nitrogens with one attached hydrogen (secondary N) is 1. The van der Waals surface area contributed by atoms with Crippen LogP contribution >= 0.6 is 0 Å². The van der Waals surface area contributed by atoms with Gasteiger partial charge in [-0.1, -0.05) is 5.92 Å². The molecule has 20 heavy (non-hydrogen) atoms. The summed E-state index contributed by atoms with van der Waals surface area (Å²) in [6, 6.07) is 0. The summed E-state index contributed by atoms with van der Waals surface area (Å²) in [5, 5.41) is 2.89. The van der Waals surface area contributed by atoms with Crippen LogP contribution in [0.5, 0.6) is 0 Å². The third-order valence-electron chi connectivity index (χ3n) is 3.14. The minimum Gasteiger partial charge on any atom is -0.354 e. The number of rotatable bonds is 5. The molecular formula is C14H24N4O2. The van der Waals surface area contributed by atoms with Gasteiger partial charge >= 0.3 is 0 Å². The summed E-state index contributed by atoms with van der Waals surface area (Å²) in [5.41, 5.74) is 0. The molecule has 0 bridgehead atoms. The molecule has 0 aromatic carbocycles. The van der Waals surface area contributed by atoms with Crippen molar-refractivity contribution in [1.82, 2.24) is 20.0 Å². The highest BCUT2D eigenvalue weighted by atomic mass is 16.2. The molecule has 1 fully saturated rings. The maximum Gasteiger partial charge on any atom is 0.298 e. The van der Waals surface area contributed by atoms with Crippen LogP contribution < -0.4 is 5.32 Å². The number of nitrogens with zero attached hydrogens (tertiary/aromatic N) is 3. The summed E-state index contributed by atoms with van der Waals surface area (Å²) in [6.45, 7) is 6.27. The Kier molecular flexibility index (Phi) is 7.05. The van der Waals surface area contributed by atoms with Crippen molar-refractivity contribution in [1.29, 1.82) is 0 Å². The Labute approximate surface area is 121 Å². The van der Waals surface area contributed by atoms with Crippen LogP contribution in [-0.4, -0.2) is 86.4 Å². The van der Waals surface area contributed by atoms with Gasteiger partial charge in [0, 0.05) is 39.3 Å². The van der Waals surface area contributed by atoms with Gasteiger partial charge in [-0.25, -0.2) is 0 Å². The summed E-state index contributed by atoms with van der Waals surface area (Å²) >= 11 is 0. The Morgan fingerprint density at radius 2 is 1.85 bits per heavy atom. The third kappa shape index (κ3) is 6.04. The number of piperazine rings is 1. The molecule has 1 aliphatic heterocycles. The second-order valence-electron chi connectivity index (χ2n) is 5.10. The molecule has 0 saturated carbocycles. The van der Waals surface area contributed by atoms with Gasteiger partial charge in [0.15, 0.2) is 0 Å². The zero-order chi connectivity index (χ0) is 15.0. The highest BCUT2D eigenvalue weighted by Crippen LogP contribution is 2.01. The van der Waals surface area contributed by atoms with Crippen molar-refractivity contribution in [2.75, 3.05) is 59.9 Å². The zero-order valence-corrected chi connectivity index (χ0v) is 12.6. The topological polar surface area (TPSA) is 55.9 Å². The lowest BCUT2D eigenvalue weighted by Gasteiger charge is -2.33. The van der Waals surface area contributed by atoms with Gasteiger partial charge in [-0.3, -0.25) is 14.5 Å². The lowest BCUT2D eigenvalue weighted by atomic mass is 10.3. The van der Waals surface area contributed by atoms with E-state index in [1.54, 1.807) is 11.8 Å². The lowest BCUT2D eigenvalue weighted by molar-refractivity contribution is -0.127. The van der Waals surface area contributed by atoms with Crippen LogP contribution in [0.15, 0.2) is 0 Å². The molecular weight excluding hydrogens is 256 g/mol. The Bertz CT molecular complexity index is 390. The quantitative estimate of drug-likeness (QED) is 0.645. The first-order chi connectivity index (χ1) is 9.52. The molecule has 0 aromatic rings. The van der Waals surface area contributed by atoms with Crippen LogP contribution in [0.2, 0.25) is 0 Å². The molecule has 0 atom stereocenters. The SMILES string of the molecule is CC#CC(=O)N1CCN(CC(=O)NCCN(C)C)CC1. The number of amides is 2. The van der Waals surface area contributed by atoms with Gasteiger partial charge in [0.2, 0.25) is 5.91 Å². The van der Waals surface area contributed by atoms with Gasteiger partial charge in [0.25, 0.3) is 5.91 Å². The molecule has 2 amide bonds. The number of likely N-dealkylation sites (N-methyl/N-ethyl adjacent to an activating group) is 1. The van der Waals surface area contributed by atoms with Crippen molar-refractivity contribution in [2.24, 2.45) is 0 Å². The predicted molar refractivity (Wildman–Crippen MR) is 78.0 cm³/mol. The highest BCUT2D eigenvalue weighted by molar-refractivity contribution is 5.93. The standard InChI is InChI=1S/C14H24N4O2/c1-4-5-14(20)18-10-8-17(9-11-18)12-13(19)15-6-7-16(2)3/h6-12H2,1-3H3,(H,15,19). The van der Waals surface area contributed by atoms with Crippen LogP contribution in [0.25, 0.3) is 0 Å². The van der Waals surface area contributed by atoms with Crippen molar-refractivity contribution >= 4 is 11.8 Å². The Balaban J connectivity index is 2.23. The summed E-state index contributed by atoms with van der Waals surface area (Å²) in [5.74, 6) is 5.08. The minimum absolute atomic E-state index is 0.0416. The van der Waals surface area contributed by atoms with E-state index in [2.05, 4.69) is 22.1 Å². The van der Waals surface area contributed by atoms with Crippen LogP contribution in [0.1, 0.15) is 6.92 Å². The van der Waals surface area contributed by atoms with E-state index >= 15 is 0 Å². The van der Waals surface area contributed by atoms with Gasteiger partial charge in [-0.15, -0.1) is 0 Å². The van der Waals surface area contributed by atoms with Gasteiger partial charge in [0.05, 0.1) is 6.54 Å². The van der Waals surface area contributed by atoms with Gasteiger partial charge in [-0.05, 0) is 26.9 Å². The fourth-order valence-electron chi connectivity index (χ4n) is 1.97. The number of carbonyl (C=O) groups is 2. The molecule has 6 heteroatoms. The van der Waals surface area contributed by atoms with E-state index in [0.717, 1.165) is 19.6 Å². The average molecular weight is 280 g/mol. The predicted octanol–water partition coefficient (Wildman–Crippen LogP) is -1.17. The van der Waals surface area contributed by atoms with E-state index < -0.39 is 0 Å². The van der Waals surface area contributed by atoms with Crippen LogP contribution in [0.3, 0.4) is 0 Å². The van der Waals surface area contributed by atoms with E-state index in [0.29, 0.717) is 26.2 Å². The molecule has 1 aliphatic rings. The Morgan fingerprint density at radius 1 is 1.20 bits per heavy atom. The minimum atomic E-state index is -0.123.